The second kappa shape index (κ2) is 10.7. The summed E-state index contributed by atoms with van der Waals surface area (Å²) in [5.74, 6) is -0.952. The van der Waals surface area contributed by atoms with E-state index in [2.05, 4.69) is 5.32 Å². The summed E-state index contributed by atoms with van der Waals surface area (Å²) in [6, 6.07) is 27.9. The fraction of sp³-hybridized carbons (Fsp3) is 0.0357. The van der Waals surface area contributed by atoms with Crippen LogP contribution in [0.2, 0.25) is 5.02 Å². The van der Waals surface area contributed by atoms with Gasteiger partial charge in [-0.15, -0.1) is 0 Å². The van der Waals surface area contributed by atoms with Gasteiger partial charge in [0.15, 0.2) is 0 Å². The third kappa shape index (κ3) is 5.75. The summed E-state index contributed by atoms with van der Waals surface area (Å²) in [6.07, 6.45) is 0. The van der Waals surface area contributed by atoms with Gasteiger partial charge < -0.3 is 15.8 Å². The highest BCUT2D eigenvalue weighted by Gasteiger charge is 2.20. The number of rotatable bonds is 7. The summed E-state index contributed by atoms with van der Waals surface area (Å²) in [6.45, 7) is 0.137. The second-order valence-corrected chi connectivity index (χ2v) is 8.18. The van der Waals surface area contributed by atoms with Gasteiger partial charge in [0.05, 0.1) is 5.56 Å². The Hall–Kier alpha value is -4.42. The van der Waals surface area contributed by atoms with Gasteiger partial charge in [-0.05, 0) is 59.2 Å². The fourth-order valence-corrected chi connectivity index (χ4v) is 3.74. The first-order valence-corrected chi connectivity index (χ1v) is 11.2. The van der Waals surface area contributed by atoms with E-state index in [1.165, 1.54) is 0 Å². The number of nitrogen functional groups attached to an aromatic ring is 1. The normalized spacial score (nSPS) is 10.4. The maximum Gasteiger partial charge on any atom is 0.339 e. The average Bonchev–Trinajstić information content (AvgIpc) is 2.88. The monoisotopic (exact) mass is 483 g/mol. The van der Waals surface area contributed by atoms with Crippen molar-refractivity contribution >= 4 is 35.0 Å². The lowest BCUT2D eigenvalue weighted by atomic mass is 9.95. The summed E-state index contributed by atoms with van der Waals surface area (Å²) in [4.78, 5) is 26.2. The molecule has 0 aliphatic rings. The van der Waals surface area contributed by atoms with Crippen molar-refractivity contribution in [3.63, 3.8) is 0 Å². The molecular weight excluding hydrogens is 462 g/mol. The number of nitrogens with one attached hydrogen (secondary N) is 2. The molecule has 6 nitrogen and oxygen atoms in total. The number of nitrogens with two attached hydrogens (primary N) is 1. The highest BCUT2D eigenvalue weighted by molar-refractivity contribution is 6.31. The summed E-state index contributed by atoms with van der Waals surface area (Å²) < 4.78 is 5.53. The maximum absolute atomic E-state index is 13.2. The number of benzene rings is 4. The Labute approximate surface area is 207 Å². The lowest BCUT2D eigenvalue weighted by Gasteiger charge is -2.14. The van der Waals surface area contributed by atoms with Crippen LogP contribution < -0.4 is 11.1 Å². The van der Waals surface area contributed by atoms with Crippen LogP contribution >= 0.6 is 11.6 Å². The van der Waals surface area contributed by atoms with E-state index in [4.69, 9.17) is 27.5 Å². The molecule has 4 N–H and O–H groups in total. The van der Waals surface area contributed by atoms with Crippen LogP contribution in [0, 0.1) is 5.41 Å². The zero-order chi connectivity index (χ0) is 24.8. The van der Waals surface area contributed by atoms with E-state index in [1.54, 1.807) is 66.7 Å². The van der Waals surface area contributed by atoms with Gasteiger partial charge in [-0.2, -0.15) is 0 Å². The van der Waals surface area contributed by atoms with Crippen LogP contribution in [-0.4, -0.2) is 17.7 Å². The van der Waals surface area contributed by atoms with E-state index in [1.807, 2.05) is 30.3 Å². The van der Waals surface area contributed by atoms with Gasteiger partial charge in [0.1, 0.15) is 12.4 Å². The molecule has 0 radical (unpaired) electrons. The molecule has 1 amide bonds. The number of anilines is 1. The van der Waals surface area contributed by atoms with Gasteiger partial charge in [0.25, 0.3) is 5.91 Å². The first kappa shape index (κ1) is 23.7. The van der Waals surface area contributed by atoms with Crippen molar-refractivity contribution in [1.29, 1.82) is 5.41 Å². The molecule has 4 rings (SSSR count). The molecule has 4 aromatic carbocycles. The Kier molecular flexibility index (Phi) is 7.24. The Morgan fingerprint density at radius 1 is 0.829 bits per heavy atom. The third-order valence-electron chi connectivity index (χ3n) is 5.33. The number of ether oxygens (including phenoxy) is 1. The summed E-state index contributed by atoms with van der Waals surface area (Å²) in [5.41, 5.74) is 9.19. The molecule has 4 aromatic rings. The minimum atomic E-state index is -0.495. The van der Waals surface area contributed by atoms with Crippen LogP contribution in [-0.2, 0) is 11.3 Å². The third-order valence-corrected chi connectivity index (χ3v) is 5.57. The molecule has 0 atom stereocenters. The number of amidine groups is 1. The van der Waals surface area contributed by atoms with Crippen molar-refractivity contribution in [2.24, 2.45) is 5.73 Å². The predicted octanol–water partition coefficient (Wildman–Crippen LogP) is 5.90. The van der Waals surface area contributed by atoms with Crippen LogP contribution in [0.3, 0.4) is 0 Å². The van der Waals surface area contributed by atoms with Gasteiger partial charge in [0, 0.05) is 21.8 Å². The molecule has 0 heterocycles. The van der Waals surface area contributed by atoms with Crippen molar-refractivity contribution in [3.05, 3.63) is 124 Å². The number of carbonyl (C=O) groups is 2. The highest BCUT2D eigenvalue weighted by Crippen LogP contribution is 2.31. The first-order valence-electron chi connectivity index (χ1n) is 10.8. The summed E-state index contributed by atoms with van der Waals surface area (Å²) >= 11 is 6.22. The molecule has 0 aromatic heterocycles. The number of hydrogen-bond acceptors (Lipinski definition) is 4. The number of esters is 1. The largest absolute Gasteiger partial charge is 0.457 e. The lowest BCUT2D eigenvalue weighted by Crippen LogP contribution is -2.15. The smallest absolute Gasteiger partial charge is 0.339 e. The van der Waals surface area contributed by atoms with Gasteiger partial charge in [-0.3, -0.25) is 10.2 Å². The molecule has 174 valence electrons. The zero-order valence-electron chi connectivity index (χ0n) is 18.6. The maximum atomic E-state index is 13.2. The van der Waals surface area contributed by atoms with E-state index in [0.717, 1.165) is 5.56 Å². The number of halogens is 1. The van der Waals surface area contributed by atoms with Crippen molar-refractivity contribution in [1.82, 2.24) is 0 Å². The topological polar surface area (TPSA) is 105 Å². The molecule has 0 saturated heterocycles. The van der Waals surface area contributed by atoms with Crippen molar-refractivity contribution in [2.45, 2.75) is 6.61 Å². The van der Waals surface area contributed by atoms with E-state index < -0.39 is 11.9 Å². The zero-order valence-corrected chi connectivity index (χ0v) is 19.4. The minimum absolute atomic E-state index is 0.0595. The molecule has 0 bridgehead atoms. The molecule has 0 aliphatic carbocycles. The van der Waals surface area contributed by atoms with Crippen LogP contribution in [0.25, 0.3) is 11.1 Å². The minimum Gasteiger partial charge on any atom is -0.457 e. The van der Waals surface area contributed by atoms with E-state index in [9.17, 15) is 9.59 Å². The van der Waals surface area contributed by atoms with Crippen LogP contribution in [0.15, 0.2) is 97.1 Å². The van der Waals surface area contributed by atoms with Crippen molar-refractivity contribution in [2.75, 3.05) is 5.32 Å². The van der Waals surface area contributed by atoms with Crippen molar-refractivity contribution < 1.29 is 14.3 Å². The molecule has 35 heavy (non-hydrogen) atoms. The van der Waals surface area contributed by atoms with E-state index >= 15 is 0 Å². The standard InChI is InChI=1S/C28H22ClN3O3/c29-20-12-15-23(25(16-20)27(33)32-21-13-10-19(11-14-21)26(30)31)22-8-4-5-9-24(22)28(34)35-17-18-6-2-1-3-7-18/h1-16H,17H2,(H3,30,31)(H,32,33). The summed E-state index contributed by atoms with van der Waals surface area (Å²) in [5, 5.41) is 10.7. The van der Waals surface area contributed by atoms with E-state index in [-0.39, 0.29) is 12.4 Å². The van der Waals surface area contributed by atoms with Gasteiger partial charge in [-0.25, -0.2) is 4.79 Å². The fourth-order valence-electron chi connectivity index (χ4n) is 3.57. The highest BCUT2D eigenvalue weighted by atomic mass is 35.5. The molecule has 0 unspecified atom stereocenters. The predicted molar refractivity (Wildman–Crippen MR) is 138 cm³/mol. The SMILES string of the molecule is N=C(N)c1ccc(NC(=O)c2cc(Cl)ccc2-c2ccccc2C(=O)OCc2ccccc2)cc1. The molecule has 0 aliphatic heterocycles. The van der Waals surface area contributed by atoms with Gasteiger partial charge in [-0.1, -0.05) is 66.2 Å². The van der Waals surface area contributed by atoms with Gasteiger partial charge in [0.2, 0.25) is 0 Å². The molecule has 0 saturated carbocycles. The second-order valence-electron chi connectivity index (χ2n) is 7.74. The lowest BCUT2D eigenvalue weighted by molar-refractivity contribution is 0.0473. The van der Waals surface area contributed by atoms with Crippen LogP contribution in [0.1, 0.15) is 31.8 Å². The number of carbonyl (C=O) groups excluding carboxylic acids is 2. The molecule has 0 fully saturated rings. The van der Waals surface area contributed by atoms with Crippen molar-refractivity contribution in [3.8, 4) is 11.1 Å². The molecule has 7 heteroatoms. The number of amides is 1. The first-order chi connectivity index (χ1) is 16.9. The average molecular weight is 484 g/mol. The van der Waals surface area contributed by atoms with Crippen LogP contribution in [0.5, 0.6) is 0 Å². The Balaban J connectivity index is 1.63. The molecular formula is C28H22ClN3O3. The van der Waals surface area contributed by atoms with Gasteiger partial charge >= 0.3 is 5.97 Å². The Morgan fingerprint density at radius 3 is 2.20 bits per heavy atom. The quantitative estimate of drug-likeness (QED) is 0.173. The van der Waals surface area contributed by atoms with E-state index in [0.29, 0.717) is 38.5 Å². The Morgan fingerprint density at radius 2 is 1.49 bits per heavy atom. The Bertz CT molecular complexity index is 1390. The van der Waals surface area contributed by atoms with Crippen LogP contribution in [0.4, 0.5) is 5.69 Å². The summed E-state index contributed by atoms with van der Waals surface area (Å²) in [7, 11) is 0. The number of hydrogen-bond donors (Lipinski definition) is 3. The molecule has 0 spiro atoms.